The van der Waals surface area contributed by atoms with Crippen molar-refractivity contribution in [1.82, 2.24) is 0 Å². The predicted molar refractivity (Wildman–Crippen MR) is 71.2 cm³/mol. The molecular formula is C16H24. The highest BCUT2D eigenvalue weighted by atomic mass is 14.3. The molecular weight excluding hydrogens is 192 g/mol. The first kappa shape index (κ1) is 11.7. The van der Waals surface area contributed by atoms with Crippen molar-refractivity contribution in [2.24, 2.45) is 0 Å². The summed E-state index contributed by atoms with van der Waals surface area (Å²) in [6.45, 7) is 6.59. The van der Waals surface area contributed by atoms with Gasteiger partial charge in [-0.1, -0.05) is 26.3 Å². The summed E-state index contributed by atoms with van der Waals surface area (Å²) in [4.78, 5) is 0. The zero-order valence-electron chi connectivity index (χ0n) is 11.0. The topological polar surface area (TPSA) is 0 Å². The molecule has 1 aromatic carbocycles. The lowest BCUT2D eigenvalue weighted by Gasteiger charge is -2.10. The third-order valence-corrected chi connectivity index (χ3v) is 3.77. The van der Waals surface area contributed by atoms with Crippen molar-refractivity contribution >= 4 is 0 Å². The van der Waals surface area contributed by atoms with Crippen LogP contribution in [0.5, 0.6) is 0 Å². The first-order chi connectivity index (χ1) is 7.77. The van der Waals surface area contributed by atoms with Crippen LogP contribution in [0, 0.1) is 6.92 Å². The Morgan fingerprint density at radius 1 is 0.875 bits per heavy atom. The van der Waals surface area contributed by atoms with Crippen LogP contribution in [-0.2, 0) is 25.7 Å². The lowest BCUT2D eigenvalue weighted by atomic mass is 9.95. The molecule has 0 aromatic heterocycles. The summed E-state index contributed by atoms with van der Waals surface area (Å²) in [5, 5.41) is 0. The van der Waals surface area contributed by atoms with E-state index in [9.17, 15) is 0 Å². The van der Waals surface area contributed by atoms with E-state index in [-0.39, 0.29) is 0 Å². The predicted octanol–water partition coefficient (Wildman–Crippen LogP) is 4.39. The Hall–Kier alpha value is -0.780. The number of hydrogen-bond donors (Lipinski definition) is 0. The van der Waals surface area contributed by atoms with Crippen molar-refractivity contribution < 1.29 is 0 Å². The Labute approximate surface area is 100 Å². The van der Waals surface area contributed by atoms with E-state index in [4.69, 9.17) is 0 Å². The van der Waals surface area contributed by atoms with E-state index in [1.165, 1.54) is 44.9 Å². The molecule has 0 saturated heterocycles. The molecule has 3 rings (SSSR count). The minimum atomic E-state index is 1.25. The molecule has 0 unspecified atom stereocenters. The second kappa shape index (κ2) is 5.03. The van der Waals surface area contributed by atoms with Crippen LogP contribution in [0.15, 0.2) is 6.07 Å². The van der Waals surface area contributed by atoms with Crippen LogP contribution in [0.4, 0.5) is 0 Å². The van der Waals surface area contributed by atoms with Crippen molar-refractivity contribution in [2.75, 3.05) is 0 Å². The van der Waals surface area contributed by atoms with Crippen molar-refractivity contribution in [3.05, 3.63) is 33.9 Å². The molecule has 0 saturated carbocycles. The third kappa shape index (κ3) is 2.03. The second-order valence-corrected chi connectivity index (χ2v) is 5.19. The largest absolute Gasteiger partial charge is 0.0656 e. The van der Waals surface area contributed by atoms with Crippen LogP contribution in [0.2, 0.25) is 0 Å². The van der Waals surface area contributed by atoms with Crippen molar-refractivity contribution in [3.63, 3.8) is 0 Å². The van der Waals surface area contributed by atoms with Crippen LogP contribution in [0.1, 0.15) is 60.9 Å². The first-order valence-corrected chi connectivity index (χ1v) is 6.91. The number of fused-ring (bicyclic) bond motifs is 2. The van der Waals surface area contributed by atoms with Gasteiger partial charge in [0.25, 0.3) is 0 Å². The highest BCUT2D eigenvalue weighted by Gasteiger charge is 2.21. The molecule has 0 nitrogen and oxygen atoms in total. The van der Waals surface area contributed by atoms with Crippen LogP contribution in [-0.4, -0.2) is 0 Å². The monoisotopic (exact) mass is 216 g/mol. The Morgan fingerprint density at radius 3 is 1.75 bits per heavy atom. The molecule has 0 radical (unpaired) electrons. The maximum absolute atomic E-state index is 2.50. The minimum Gasteiger partial charge on any atom is -0.0656 e. The molecule has 88 valence electrons. The average Bonchev–Trinajstić information content (AvgIpc) is 2.87. The fraction of sp³-hybridized carbons (Fsp3) is 0.625. The molecule has 1 aromatic rings. The van der Waals surface area contributed by atoms with E-state index in [2.05, 4.69) is 26.8 Å². The quantitative estimate of drug-likeness (QED) is 0.603. The molecule has 0 bridgehead atoms. The first-order valence-electron chi connectivity index (χ1n) is 6.91. The van der Waals surface area contributed by atoms with Gasteiger partial charge in [-0.2, -0.15) is 0 Å². The smallest absolute Gasteiger partial charge is 0.0270 e. The van der Waals surface area contributed by atoms with E-state index >= 15 is 0 Å². The molecule has 0 aliphatic heterocycles. The number of hydrogen-bond acceptors (Lipinski definition) is 0. The van der Waals surface area contributed by atoms with E-state index in [0.717, 1.165) is 0 Å². The highest BCUT2D eigenvalue weighted by molar-refractivity contribution is 5.49. The standard InChI is InChI=1S/C13H16.C3H8/c1-9-12-6-2-4-10(12)8-11-5-3-7-13(9)11;1-3-2/h8H,2-7H2,1H3;3H2,1-2H3. The molecule has 0 amide bonds. The Kier molecular flexibility index (Phi) is 3.68. The van der Waals surface area contributed by atoms with Gasteiger partial charge in [0.2, 0.25) is 0 Å². The molecule has 2 aliphatic carbocycles. The van der Waals surface area contributed by atoms with E-state index in [1.807, 2.05) is 0 Å². The molecule has 0 atom stereocenters. The molecule has 16 heavy (non-hydrogen) atoms. The lowest BCUT2D eigenvalue weighted by Crippen LogP contribution is -1.95. The Bertz CT molecular complexity index is 342. The van der Waals surface area contributed by atoms with Gasteiger partial charge in [-0.3, -0.25) is 0 Å². The van der Waals surface area contributed by atoms with Gasteiger partial charge in [-0.05, 0) is 73.3 Å². The van der Waals surface area contributed by atoms with E-state index < -0.39 is 0 Å². The average molecular weight is 216 g/mol. The van der Waals surface area contributed by atoms with E-state index in [1.54, 1.807) is 27.8 Å². The highest BCUT2D eigenvalue weighted by Crippen LogP contribution is 2.34. The van der Waals surface area contributed by atoms with Gasteiger partial charge in [-0.15, -0.1) is 0 Å². The molecule has 2 aliphatic rings. The fourth-order valence-electron chi connectivity index (χ4n) is 3.10. The molecule has 0 spiro atoms. The molecule has 0 heteroatoms. The molecule has 0 heterocycles. The maximum atomic E-state index is 2.50. The number of aryl methyl sites for hydroxylation is 2. The Balaban J connectivity index is 0.000000292. The number of benzene rings is 1. The van der Waals surface area contributed by atoms with Gasteiger partial charge in [0.1, 0.15) is 0 Å². The molecule has 0 N–H and O–H groups in total. The van der Waals surface area contributed by atoms with Crippen LogP contribution in [0.25, 0.3) is 0 Å². The van der Waals surface area contributed by atoms with Crippen LogP contribution in [0.3, 0.4) is 0 Å². The van der Waals surface area contributed by atoms with Gasteiger partial charge in [0.05, 0.1) is 0 Å². The zero-order chi connectivity index (χ0) is 11.5. The summed E-state index contributed by atoms with van der Waals surface area (Å²) < 4.78 is 0. The Morgan fingerprint density at radius 2 is 1.31 bits per heavy atom. The summed E-state index contributed by atoms with van der Waals surface area (Å²) >= 11 is 0. The zero-order valence-corrected chi connectivity index (χ0v) is 11.0. The van der Waals surface area contributed by atoms with Crippen molar-refractivity contribution in [1.29, 1.82) is 0 Å². The minimum absolute atomic E-state index is 1.25. The van der Waals surface area contributed by atoms with Gasteiger partial charge < -0.3 is 0 Å². The van der Waals surface area contributed by atoms with Crippen molar-refractivity contribution in [2.45, 2.75) is 65.7 Å². The summed E-state index contributed by atoms with van der Waals surface area (Å²) in [5.41, 5.74) is 8.36. The van der Waals surface area contributed by atoms with Gasteiger partial charge in [-0.25, -0.2) is 0 Å². The normalized spacial score (nSPS) is 16.4. The van der Waals surface area contributed by atoms with Gasteiger partial charge in [0.15, 0.2) is 0 Å². The second-order valence-electron chi connectivity index (χ2n) is 5.19. The van der Waals surface area contributed by atoms with Crippen molar-refractivity contribution in [3.8, 4) is 0 Å². The van der Waals surface area contributed by atoms with Crippen LogP contribution >= 0.6 is 0 Å². The SMILES string of the molecule is CCC.Cc1c2c(cc3c1CCC3)CCC2. The van der Waals surface area contributed by atoms with Gasteiger partial charge >= 0.3 is 0 Å². The third-order valence-electron chi connectivity index (χ3n) is 3.77. The fourth-order valence-corrected chi connectivity index (χ4v) is 3.10. The maximum Gasteiger partial charge on any atom is -0.0270 e. The van der Waals surface area contributed by atoms with E-state index in [0.29, 0.717) is 0 Å². The lowest BCUT2D eigenvalue weighted by molar-refractivity contribution is 0.893. The van der Waals surface area contributed by atoms with Crippen LogP contribution < -0.4 is 0 Å². The number of rotatable bonds is 0. The summed E-state index contributed by atoms with van der Waals surface area (Å²) in [6, 6.07) is 2.50. The summed E-state index contributed by atoms with van der Waals surface area (Å²) in [6.07, 6.45) is 9.38. The summed E-state index contributed by atoms with van der Waals surface area (Å²) in [5.74, 6) is 0. The molecule has 0 fully saturated rings. The van der Waals surface area contributed by atoms with Gasteiger partial charge in [0, 0.05) is 0 Å². The summed E-state index contributed by atoms with van der Waals surface area (Å²) in [7, 11) is 0.